The van der Waals surface area contributed by atoms with E-state index in [1.165, 1.54) is 9.08 Å². The highest BCUT2D eigenvalue weighted by molar-refractivity contribution is 5.70. The van der Waals surface area contributed by atoms with E-state index in [1.54, 1.807) is 24.4 Å². The highest BCUT2D eigenvalue weighted by Crippen LogP contribution is 2.64. The van der Waals surface area contributed by atoms with Crippen LogP contribution in [0.5, 0.6) is 11.8 Å². The van der Waals surface area contributed by atoms with Crippen molar-refractivity contribution in [2.45, 2.75) is 37.9 Å². The number of aromatic hydroxyl groups is 2. The minimum absolute atomic E-state index is 0.0220. The van der Waals surface area contributed by atoms with Crippen molar-refractivity contribution in [3.8, 4) is 23.5 Å². The standard InChI is InChI=1S/C18H16N4O3/c1-17-6-7-18(2,25-17)14-13(17)15(23)21(16(14)24)11-4-3-10(9-19)22-12(11)5-8-20-22/h3-5,8,23-24H,6-7H2,1-2H3/t17-,18+. The second kappa shape index (κ2) is 4.16. The molecule has 5 heterocycles. The van der Waals surface area contributed by atoms with Crippen LogP contribution >= 0.6 is 0 Å². The van der Waals surface area contributed by atoms with Gasteiger partial charge in [0.25, 0.3) is 0 Å². The van der Waals surface area contributed by atoms with Gasteiger partial charge in [0.05, 0.1) is 39.7 Å². The molecule has 5 rings (SSSR count). The van der Waals surface area contributed by atoms with E-state index in [0.29, 0.717) is 28.0 Å². The molecule has 0 unspecified atom stereocenters. The van der Waals surface area contributed by atoms with Gasteiger partial charge in [0.1, 0.15) is 11.8 Å². The Bertz CT molecular complexity index is 1070. The third-order valence-corrected chi connectivity index (χ3v) is 5.60. The average molecular weight is 336 g/mol. The summed E-state index contributed by atoms with van der Waals surface area (Å²) in [5, 5.41) is 35.3. The minimum Gasteiger partial charge on any atom is -0.494 e. The Balaban J connectivity index is 1.85. The maximum absolute atomic E-state index is 10.9. The predicted molar refractivity (Wildman–Crippen MR) is 87.6 cm³/mol. The molecule has 0 saturated carbocycles. The molecular weight excluding hydrogens is 320 g/mol. The summed E-state index contributed by atoms with van der Waals surface area (Å²) in [7, 11) is 0. The van der Waals surface area contributed by atoms with Crippen molar-refractivity contribution in [1.82, 2.24) is 14.2 Å². The highest BCUT2D eigenvalue weighted by atomic mass is 16.5. The minimum atomic E-state index is -0.597. The first-order chi connectivity index (χ1) is 11.9. The largest absolute Gasteiger partial charge is 0.494 e. The molecule has 0 amide bonds. The van der Waals surface area contributed by atoms with Crippen molar-refractivity contribution in [2.75, 3.05) is 0 Å². The molecule has 2 N–H and O–H groups in total. The number of hydrogen-bond acceptors (Lipinski definition) is 5. The van der Waals surface area contributed by atoms with E-state index in [4.69, 9.17) is 4.74 Å². The lowest BCUT2D eigenvalue weighted by atomic mass is 9.80. The molecule has 1 fully saturated rings. The molecule has 25 heavy (non-hydrogen) atoms. The summed E-state index contributed by atoms with van der Waals surface area (Å²) in [4.78, 5) is 0. The van der Waals surface area contributed by atoms with Gasteiger partial charge in [0.15, 0.2) is 0 Å². The summed E-state index contributed by atoms with van der Waals surface area (Å²) in [5.41, 5.74) is 1.68. The molecular formula is C18H16N4O3. The monoisotopic (exact) mass is 336 g/mol. The molecule has 2 bridgehead atoms. The second-order valence-corrected chi connectivity index (χ2v) is 7.14. The van der Waals surface area contributed by atoms with E-state index >= 15 is 0 Å². The molecule has 3 aromatic rings. The van der Waals surface area contributed by atoms with Crippen LogP contribution < -0.4 is 0 Å². The number of aromatic nitrogens is 3. The summed E-state index contributed by atoms with van der Waals surface area (Å²) < 4.78 is 9.04. The van der Waals surface area contributed by atoms with Crippen LogP contribution in [0.15, 0.2) is 24.4 Å². The van der Waals surface area contributed by atoms with Crippen molar-refractivity contribution in [3.63, 3.8) is 0 Å². The average Bonchev–Trinajstić information content (AvgIpc) is 3.28. The van der Waals surface area contributed by atoms with Crippen molar-refractivity contribution in [2.24, 2.45) is 0 Å². The topological polar surface area (TPSA) is 95.7 Å². The van der Waals surface area contributed by atoms with Gasteiger partial charge in [-0.15, -0.1) is 0 Å². The van der Waals surface area contributed by atoms with E-state index in [9.17, 15) is 15.5 Å². The summed E-state index contributed by atoms with van der Waals surface area (Å²) in [6.07, 6.45) is 3.17. The first kappa shape index (κ1) is 14.4. The zero-order chi connectivity index (χ0) is 17.6. The van der Waals surface area contributed by atoms with Crippen LogP contribution in [0.4, 0.5) is 0 Å². The van der Waals surface area contributed by atoms with Crippen molar-refractivity contribution in [1.29, 1.82) is 5.26 Å². The predicted octanol–water partition coefficient (Wildman–Crippen LogP) is 2.66. The molecule has 0 radical (unpaired) electrons. The van der Waals surface area contributed by atoms with Gasteiger partial charge in [-0.25, -0.2) is 9.08 Å². The number of hydrogen-bond donors (Lipinski definition) is 2. The lowest BCUT2D eigenvalue weighted by Gasteiger charge is -2.21. The zero-order valence-electron chi connectivity index (χ0n) is 13.8. The number of rotatable bonds is 1. The molecule has 2 atom stereocenters. The summed E-state index contributed by atoms with van der Waals surface area (Å²) in [6.45, 7) is 3.89. The second-order valence-electron chi connectivity index (χ2n) is 7.14. The molecule has 0 spiro atoms. The number of pyridine rings is 1. The molecule has 2 aliphatic heterocycles. The molecule has 0 aromatic carbocycles. The van der Waals surface area contributed by atoms with Crippen LogP contribution in [0.1, 0.15) is 43.5 Å². The maximum Gasteiger partial charge on any atom is 0.205 e. The Kier molecular flexibility index (Phi) is 2.39. The molecule has 7 nitrogen and oxygen atoms in total. The molecule has 2 aliphatic rings. The molecule has 7 heteroatoms. The quantitative estimate of drug-likeness (QED) is 0.712. The fourth-order valence-corrected chi connectivity index (χ4v) is 4.48. The van der Waals surface area contributed by atoms with Gasteiger partial charge in [-0.2, -0.15) is 10.4 Å². The van der Waals surface area contributed by atoms with Gasteiger partial charge in [-0.1, -0.05) is 0 Å². The van der Waals surface area contributed by atoms with Crippen molar-refractivity contribution in [3.05, 3.63) is 41.2 Å². The van der Waals surface area contributed by atoms with Crippen LogP contribution in [-0.4, -0.2) is 24.4 Å². The molecule has 3 aromatic heterocycles. The van der Waals surface area contributed by atoms with E-state index in [1.807, 2.05) is 13.8 Å². The van der Waals surface area contributed by atoms with Crippen molar-refractivity contribution >= 4 is 5.52 Å². The fraction of sp³-hybridized carbons (Fsp3) is 0.333. The molecule has 126 valence electrons. The number of ether oxygens (including phenoxy) is 1. The Morgan fingerprint density at radius 2 is 1.76 bits per heavy atom. The van der Waals surface area contributed by atoms with Gasteiger partial charge in [-0.3, -0.25) is 0 Å². The first-order valence-corrected chi connectivity index (χ1v) is 8.15. The summed E-state index contributed by atoms with van der Waals surface area (Å²) in [6, 6.07) is 7.15. The molecule has 1 saturated heterocycles. The summed E-state index contributed by atoms with van der Waals surface area (Å²) >= 11 is 0. The smallest absolute Gasteiger partial charge is 0.205 e. The van der Waals surface area contributed by atoms with Gasteiger partial charge >= 0.3 is 0 Å². The van der Waals surface area contributed by atoms with Crippen LogP contribution in [0.3, 0.4) is 0 Å². The van der Waals surface area contributed by atoms with Crippen LogP contribution in [0, 0.1) is 11.3 Å². The van der Waals surface area contributed by atoms with Crippen LogP contribution in [0.2, 0.25) is 0 Å². The van der Waals surface area contributed by atoms with Gasteiger partial charge in [0.2, 0.25) is 11.8 Å². The molecule has 0 aliphatic carbocycles. The number of nitriles is 1. The van der Waals surface area contributed by atoms with Gasteiger partial charge in [-0.05, 0) is 44.9 Å². The Morgan fingerprint density at radius 1 is 1.12 bits per heavy atom. The van der Waals surface area contributed by atoms with E-state index in [0.717, 1.165) is 12.8 Å². The fourth-order valence-electron chi connectivity index (χ4n) is 4.48. The number of nitrogens with zero attached hydrogens (tertiary/aromatic N) is 4. The highest BCUT2D eigenvalue weighted by Gasteiger charge is 2.59. The van der Waals surface area contributed by atoms with Crippen molar-refractivity contribution < 1.29 is 14.9 Å². The summed E-state index contributed by atoms with van der Waals surface area (Å²) in [5.74, 6) is -0.0440. The SMILES string of the molecule is C[C@]12CC[C@](C)(O1)c1c2c(O)n(-c2ccc(C#N)n3nccc23)c1O. The van der Waals surface area contributed by atoms with Crippen LogP contribution in [-0.2, 0) is 15.9 Å². The third-order valence-electron chi connectivity index (χ3n) is 5.60. The Morgan fingerprint density at radius 3 is 2.36 bits per heavy atom. The van der Waals surface area contributed by atoms with Crippen LogP contribution in [0.25, 0.3) is 11.2 Å². The lowest BCUT2D eigenvalue weighted by Crippen LogP contribution is -2.17. The first-order valence-electron chi connectivity index (χ1n) is 8.15. The Hall–Kier alpha value is -2.98. The Labute approximate surface area is 143 Å². The zero-order valence-corrected chi connectivity index (χ0v) is 13.8. The van der Waals surface area contributed by atoms with E-state index < -0.39 is 11.2 Å². The third kappa shape index (κ3) is 1.51. The van der Waals surface area contributed by atoms with Gasteiger partial charge < -0.3 is 14.9 Å². The normalized spacial score (nSPS) is 26.9. The van der Waals surface area contributed by atoms with Gasteiger partial charge in [0, 0.05) is 0 Å². The van der Waals surface area contributed by atoms with E-state index in [2.05, 4.69) is 11.2 Å². The van der Waals surface area contributed by atoms with E-state index in [-0.39, 0.29) is 11.8 Å². The maximum atomic E-state index is 10.9. The number of fused-ring (bicyclic) bond motifs is 6. The lowest BCUT2D eigenvalue weighted by molar-refractivity contribution is -0.0683.